The number of hydrogen-bond donors (Lipinski definition) is 2. The standard InChI is InChI=1S/C5H8N2OS3/c8-4(6-10)7-2-1-3-11-5(7)9/h10H,1-3H2,(H,6,8). The van der Waals surface area contributed by atoms with Crippen LogP contribution < -0.4 is 4.72 Å². The molecular weight excluding hydrogens is 200 g/mol. The van der Waals surface area contributed by atoms with Crippen LogP contribution in [0.3, 0.4) is 0 Å². The molecule has 0 aliphatic carbocycles. The second-order valence-electron chi connectivity index (χ2n) is 2.04. The summed E-state index contributed by atoms with van der Waals surface area (Å²) >= 11 is 10.2. The Morgan fingerprint density at radius 3 is 3.09 bits per heavy atom. The van der Waals surface area contributed by atoms with Crippen LogP contribution in [-0.4, -0.2) is 27.5 Å². The molecule has 1 fully saturated rings. The first kappa shape index (κ1) is 9.15. The molecule has 1 aliphatic rings. The topological polar surface area (TPSA) is 32.3 Å². The van der Waals surface area contributed by atoms with Crippen LogP contribution in [0.5, 0.6) is 0 Å². The molecule has 1 N–H and O–H groups in total. The molecule has 2 amide bonds. The van der Waals surface area contributed by atoms with Crippen molar-refractivity contribution in [1.29, 1.82) is 0 Å². The molecule has 1 aliphatic heterocycles. The summed E-state index contributed by atoms with van der Waals surface area (Å²) < 4.78 is 2.89. The van der Waals surface area contributed by atoms with E-state index in [2.05, 4.69) is 17.5 Å². The van der Waals surface area contributed by atoms with E-state index in [-0.39, 0.29) is 6.03 Å². The van der Waals surface area contributed by atoms with Gasteiger partial charge in [-0.15, -0.1) is 0 Å². The minimum Gasteiger partial charge on any atom is -0.284 e. The Morgan fingerprint density at radius 1 is 1.82 bits per heavy atom. The van der Waals surface area contributed by atoms with Gasteiger partial charge in [0.25, 0.3) is 0 Å². The average molecular weight is 208 g/mol. The molecule has 6 heteroatoms. The number of rotatable bonds is 0. The van der Waals surface area contributed by atoms with Crippen molar-refractivity contribution in [3.8, 4) is 0 Å². The molecule has 62 valence electrons. The van der Waals surface area contributed by atoms with E-state index in [1.165, 1.54) is 16.7 Å². The van der Waals surface area contributed by atoms with Gasteiger partial charge in [-0.25, -0.2) is 4.79 Å². The lowest BCUT2D eigenvalue weighted by molar-refractivity contribution is 0.228. The number of thiol groups is 1. The number of nitrogens with one attached hydrogen (secondary N) is 1. The fraction of sp³-hybridized carbons (Fsp3) is 0.600. The second-order valence-corrected chi connectivity index (χ2v) is 3.99. The molecule has 11 heavy (non-hydrogen) atoms. The molecule has 0 atom stereocenters. The van der Waals surface area contributed by atoms with Crippen molar-refractivity contribution in [2.45, 2.75) is 6.42 Å². The normalized spacial score (nSPS) is 18.3. The number of carbonyl (C=O) groups excluding carboxylic acids is 1. The quantitative estimate of drug-likeness (QED) is 0.464. The maximum atomic E-state index is 11.0. The van der Waals surface area contributed by atoms with Gasteiger partial charge < -0.3 is 0 Å². The maximum absolute atomic E-state index is 11.0. The number of urea groups is 1. The van der Waals surface area contributed by atoms with E-state index in [9.17, 15) is 4.79 Å². The van der Waals surface area contributed by atoms with Crippen LogP contribution in [0.4, 0.5) is 4.79 Å². The molecule has 0 unspecified atom stereocenters. The van der Waals surface area contributed by atoms with E-state index in [0.29, 0.717) is 10.9 Å². The average Bonchev–Trinajstić information content (AvgIpc) is 2.04. The molecule has 1 saturated heterocycles. The largest absolute Gasteiger partial charge is 0.332 e. The monoisotopic (exact) mass is 208 g/mol. The Balaban J connectivity index is 2.54. The van der Waals surface area contributed by atoms with Gasteiger partial charge >= 0.3 is 6.03 Å². The molecule has 0 aromatic heterocycles. The van der Waals surface area contributed by atoms with Crippen LogP contribution in [0.2, 0.25) is 0 Å². The molecule has 0 radical (unpaired) electrons. The predicted octanol–water partition coefficient (Wildman–Crippen LogP) is 1.26. The third kappa shape index (κ3) is 2.25. The molecule has 3 nitrogen and oxygen atoms in total. The van der Waals surface area contributed by atoms with Crippen molar-refractivity contribution in [3.63, 3.8) is 0 Å². The fourth-order valence-electron chi connectivity index (χ4n) is 0.796. The summed E-state index contributed by atoms with van der Waals surface area (Å²) in [5.41, 5.74) is 0. The van der Waals surface area contributed by atoms with Crippen LogP contribution in [0.1, 0.15) is 6.42 Å². The lowest BCUT2D eigenvalue weighted by Gasteiger charge is -2.25. The Bertz CT molecular complexity index is 177. The third-order valence-electron chi connectivity index (χ3n) is 1.31. The molecule has 0 bridgehead atoms. The number of hydrogen-bond acceptors (Lipinski definition) is 4. The first-order valence-electron chi connectivity index (χ1n) is 3.14. The van der Waals surface area contributed by atoms with E-state index >= 15 is 0 Å². The van der Waals surface area contributed by atoms with Crippen molar-refractivity contribution in [2.24, 2.45) is 0 Å². The van der Waals surface area contributed by atoms with E-state index in [1.807, 2.05) is 0 Å². The summed E-state index contributed by atoms with van der Waals surface area (Å²) in [6.45, 7) is 0.707. The number of thiocarbonyl (C=S) groups is 1. The van der Waals surface area contributed by atoms with Gasteiger partial charge in [0.05, 0.1) is 0 Å². The first-order chi connectivity index (χ1) is 5.25. The number of carbonyl (C=O) groups is 1. The smallest absolute Gasteiger partial charge is 0.284 e. The van der Waals surface area contributed by atoms with Crippen molar-refractivity contribution in [2.75, 3.05) is 12.3 Å². The summed E-state index contributed by atoms with van der Waals surface area (Å²) in [5, 5.41) is 0. The highest BCUT2D eigenvalue weighted by Gasteiger charge is 2.20. The zero-order chi connectivity index (χ0) is 8.27. The molecular formula is C5H8N2OS3. The van der Waals surface area contributed by atoms with Gasteiger partial charge in [0.1, 0.15) is 4.32 Å². The highest BCUT2D eigenvalue weighted by Crippen LogP contribution is 2.17. The van der Waals surface area contributed by atoms with Gasteiger partial charge in [-0.3, -0.25) is 9.62 Å². The van der Waals surface area contributed by atoms with E-state index in [1.54, 1.807) is 0 Å². The van der Waals surface area contributed by atoms with Crippen LogP contribution in [0, 0.1) is 0 Å². The Morgan fingerprint density at radius 2 is 2.55 bits per heavy atom. The third-order valence-corrected chi connectivity index (χ3v) is 3.04. The minimum absolute atomic E-state index is 0.231. The molecule has 0 aromatic rings. The van der Waals surface area contributed by atoms with Crippen LogP contribution in [0.25, 0.3) is 0 Å². The Kier molecular flexibility index (Phi) is 3.47. The van der Waals surface area contributed by atoms with Gasteiger partial charge in [-0.2, -0.15) is 0 Å². The SMILES string of the molecule is O=C(NS)N1CCCSC1=S. The van der Waals surface area contributed by atoms with E-state index in [0.717, 1.165) is 12.2 Å². The lowest BCUT2D eigenvalue weighted by atomic mass is 10.4. The predicted molar refractivity (Wildman–Crippen MR) is 53.9 cm³/mol. The van der Waals surface area contributed by atoms with Gasteiger partial charge in [0, 0.05) is 12.3 Å². The zero-order valence-electron chi connectivity index (χ0n) is 5.74. The second kappa shape index (κ2) is 4.18. The summed E-state index contributed by atoms with van der Waals surface area (Å²) in [7, 11) is 0. The summed E-state index contributed by atoms with van der Waals surface area (Å²) in [5.74, 6) is 1.01. The lowest BCUT2D eigenvalue weighted by Crippen LogP contribution is -2.41. The van der Waals surface area contributed by atoms with Crippen molar-refractivity contribution in [3.05, 3.63) is 0 Å². The molecule has 0 saturated carbocycles. The molecule has 1 heterocycles. The van der Waals surface area contributed by atoms with Gasteiger partial charge in [0.15, 0.2) is 0 Å². The van der Waals surface area contributed by atoms with Crippen LogP contribution in [-0.2, 0) is 0 Å². The van der Waals surface area contributed by atoms with Gasteiger partial charge in [0.2, 0.25) is 0 Å². The van der Waals surface area contributed by atoms with Crippen molar-refractivity contribution in [1.82, 2.24) is 9.62 Å². The van der Waals surface area contributed by atoms with Crippen molar-refractivity contribution >= 4 is 47.1 Å². The number of thioether (sulfide) groups is 1. The van der Waals surface area contributed by atoms with Crippen LogP contribution >= 0.6 is 36.8 Å². The van der Waals surface area contributed by atoms with Crippen molar-refractivity contribution < 1.29 is 4.79 Å². The molecule has 1 rings (SSSR count). The number of nitrogens with zero attached hydrogens (tertiary/aromatic N) is 1. The molecule has 0 spiro atoms. The van der Waals surface area contributed by atoms with Gasteiger partial charge in [-0.05, 0) is 6.42 Å². The summed E-state index contributed by atoms with van der Waals surface area (Å²) in [6, 6.07) is -0.231. The molecule has 0 aromatic carbocycles. The zero-order valence-corrected chi connectivity index (χ0v) is 8.27. The first-order valence-corrected chi connectivity index (χ1v) is 4.98. The minimum atomic E-state index is -0.231. The van der Waals surface area contributed by atoms with Crippen LogP contribution in [0.15, 0.2) is 0 Å². The van der Waals surface area contributed by atoms with Gasteiger partial charge in [-0.1, -0.05) is 36.8 Å². The Hall–Kier alpha value is 0.0600. The Labute approximate surface area is 80.4 Å². The van der Waals surface area contributed by atoms with E-state index < -0.39 is 0 Å². The maximum Gasteiger partial charge on any atom is 0.332 e. The van der Waals surface area contributed by atoms with E-state index in [4.69, 9.17) is 12.2 Å². The summed E-state index contributed by atoms with van der Waals surface area (Å²) in [6.07, 6.45) is 0.992. The number of amides is 2. The highest BCUT2D eigenvalue weighted by molar-refractivity contribution is 8.23. The summed E-state index contributed by atoms with van der Waals surface area (Å²) in [4.78, 5) is 12.5. The fourth-order valence-corrected chi connectivity index (χ4v) is 2.12. The highest BCUT2D eigenvalue weighted by atomic mass is 32.2.